The number of pyridine rings is 1. The van der Waals surface area contributed by atoms with Crippen LogP contribution in [0.1, 0.15) is 19.5 Å². The van der Waals surface area contributed by atoms with E-state index >= 15 is 0 Å². The summed E-state index contributed by atoms with van der Waals surface area (Å²) in [7, 11) is 1.93. The van der Waals surface area contributed by atoms with E-state index in [2.05, 4.69) is 17.0 Å². The predicted molar refractivity (Wildman–Crippen MR) is 71.4 cm³/mol. The normalized spacial score (nSPS) is 10.6. The van der Waals surface area contributed by atoms with Gasteiger partial charge in [-0.25, -0.2) is 4.98 Å². The zero-order valence-electron chi connectivity index (χ0n) is 11.0. The Labute approximate surface area is 107 Å². The minimum atomic E-state index is 0.567. The average Bonchev–Trinajstić information content (AvgIpc) is 2.73. The maximum atomic E-state index is 5.79. The van der Waals surface area contributed by atoms with Gasteiger partial charge >= 0.3 is 0 Å². The lowest BCUT2D eigenvalue weighted by Crippen LogP contribution is -1.99. The molecule has 5 nitrogen and oxygen atoms in total. The summed E-state index contributed by atoms with van der Waals surface area (Å²) >= 11 is 0. The number of hydrogen-bond donors (Lipinski definition) is 1. The second-order valence-corrected chi connectivity index (χ2v) is 4.05. The Morgan fingerprint density at radius 2 is 2.11 bits per heavy atom. The standard InChI is InChI=1S/C13H18N4O/c1-4-10-7-12(16-17(10)3)11-6-9(14)8-15-13(11)18-5-2/h6-8H,4-5,14H2,1-3H3. The summed E-state index contributed by atoms with van der Waals surface area (Å²) < 4.78 is 7.38. The van der Waals surface area contributed by atoms with Crippen LogP contribution in [-0.4, -0.2) is 21.4 Å². The molecular formula is C13H18N4O. The van der Waals surface area contributed by atoms with Crippen LogP contribution in [0.2, 0.25) is 0 Å². The molecule has 0 fully saturated rings. The Hall–Kier alpha value is -2.04. The molecule has 0 radical (unpaired) electrons. The quantitative estimate of drug-likeness (QED) is 0.896. The third-order valence-corrected chi connectivity index (χ3v) is 2.77. The second-order valence-electron chi connectivity index (χ2n) is 4.05. The van der Waals surface area contributed by atoms with Crippen LogP contribution in [-0.2, 0) is 13.5 Å². The number of aromatic nitrogens is 3. The Bertz CT molecular complexity index is 548. The van der Waals surface area contributed by atoms with E-state index in [4.69, 9.17) is 10.5 Å². The first-order valence-electron chi connectivity index (χ1n) is 6.07. The fourth-order valence-electron chi connectivity index (χ4n) is 1.87. The molecule has 2 aromatic rings. The van der Waals surface area contributed by atoms with Crippen molar-refractivity contribution < 1.29 is 4.74 Å². The number of nitrogens with zero attached hydrogens (tertiary/aromatic N) is 3. The number of hydrogen-bond acceptors (Lipinski definition) is 4. The number of ether oxygens (including phenoxy) is 1. The van der Waals surface area contributed by atoms with E-state index in [-0.39, 0.29) is 0 Å². The van der Waals surface area contributed by atoms with Crippen LogP contribution >= 0.6 is 0 Å². The Balaban J connectivity index is 2.50. The molecule has 0 aromatic carbocycles. The van der Waals surface area contributed by atoms with Crippen molar-refractivity contribution in [2.75, 3.05) is 12.3 Å². The van der Waals surface area contributed by atoms with Crippen molar-refractivity contribution in [3.05, 3.63) is 24.0 Å². The molecule has 0 aliphatic carbocycles. The van der Waals surface area contributed by atoms with Gasteiger partial charge in [-0.05, 0) is 25.5 Å². The summed E-state index contributed by atoms with van der Waals surface area (Å²) in [6.45, 7) is 4.59. The molecule has 0 bridgehead atoms. The summed E-state index contributed by atoms with van der Waals surface area (Å²) in [5.41, 5.74) is 9.24. The highest BCUT2D eigenvalue weighted by atomic mass is 16.5. The molecule has 5 heteroatoms. The molecule has 18 heavy (non-hydrogen) atoms. The van der Waals surface area contributed by atoms with Gasteiger partial charge in [0.15, 0.2) is 0 Å². The van der Waals surface area contributed by atoms with E-state index in [1.54, 1.807) is 6.20 Å². The number of rotatable bonds is 4. The minimum absolute atomic E-state index is 0.567. The Morgan fingerprint density at radius 1 is 1.33 bits per heavy atom. The Kier molecular flexibility index (Phi) is 3.50. The van der Waals surface area contributed by atoms with E-state index < -0.39 is 0 Å². The first-order valence-corrected chi connectivity index (χ1v) is 6.07. The molecule has 2 rings (SSSR count). The number of aryl methyl sites for hydroxylation is 2. The van der Waals surface area contributed by atoms with E-state index in [0.29, 0.717) is 18.2 Å². The van der Waals surface area contributed by atoms with Crippen LogP contribution < -0.4 is 10.5 Å². The van der Waals surface area contributed by atoms with Crippen LogP contribution in [0.5, 0.6) is 5.88 Å². The molecule has 0 aliphatic rings. The molecule has 2 heterocycles. The highest BCUT2D eigenvalue weighted by Crippen LogP contribution is 2.29. The summed E-state index contributed by atoms with van der Waals surface area (Å²) in [6, 6.07) is 3.89. The summed E-state index contributed by atoms with van der Waals surface area (Å²) in [6.07, 6.45) is 2.53. The fourth-order valence-corrected chi connectivity index (χ4v) is 1.87. The maximum Gasteiger partial charge on any atom is 0.223 e. The van der Waals surface area contributed by atoms with E-state index in [0.717, 1.165) is 23.4 Å². The number of nitrogens with two attached hydrogens (primary N) is 1. The van der Waals surface area contributed by atoms with Gasteiger partial charge in [-0.3, -0.25) is 4.68 Å². The highest BCUT2D eigenvalue weighted by Gasteiger charge is 2.13. The first kappa shape index (κ1) is 12.4. The maximum absolute atomic E-state index is 5.79. The van der Waals surface area contributed by atoms with Gasteiger partial charge in [0.1, 0.15) is 0 Å². The van der Waals surface area contributed by atoms with Gasteiger partial charge in [-0.2, -0.15) is 5.10 Å². The average molecular weight is 246 g/mol. The van der Waals surface area contributed by atoms with E-state index in [1.165, 1.54) is 0 Å². The summed E-state index contributed by atoms with van der Waals surface area (Å²) in [5.74, 6) is 0.576. The molecule has 2 N–H and O–H groups in total. The number of anilines is 1. The largest absolute Gasteiger partial charge is 0.477 e. The molecule has 96 valence electrons. The Morgan fingerprint density at radius 3 is 2.72 bits per heavy atom. The lowest BCUT2D eigenvalue weighted by Gasteiger charge is -2.07. The summed E-state index contributed by atoms with van der Waals surface area (Å²) in [4.78, 5) is 4.21. The molecule has 2 aromatic heterocycles. The topological polar surface area (TPSA) is 66.0 Å². The lowest BCUT2D eigenvalue weighted by molar-refractivity contribution is 0.328. The third-order valence-electron chi connectivity index (χ3n) is 2.77. The van der Waals surface area contributed by atoms with Crippen molar-refractivity contribution in [2.45, 2.75) is 20.3 Å². The van der Waals surface area contributed by atoms with Gasteiger partial charge in [0.05, 0.1) is 29.7 Å². The molecule has 0 aliphatic heterocycles. The third kappa shape index (κ3) is 2.30. The van der Waals surface area contributed by atoms with Gasteiger partial charge in [-0.15, -0.1) is 0 Å². The van der Waals surface area contributed by atoms with Gasteiger partial charge in [0.2, 0.25) is 5.88 Å². The van der Waals surface area contributed by atoms with Crippen molar-refractivity contribution in [3.8, 4) is 17.1 Å². The second kappa shape index (κ2) is 5.08. The van der Waals surface area contributed by atoms with E-state index in [9.17, 15) is 0 Å². The molecule has 0 atom stereocenters. The van der Waals surface area contributed by atoms with Crippen LogP contribution in [0.4, 0.5) is 5.69 Å². The molecule has 0 spiro atoms. The van der Waals surface area contributed by atoms with Crippen molar-refractivity contribution in [3.63, 3.8) is 0 Å². The summed E-state index contributed by atoms with van der Waals surface area (Å²) in [5, 5.41) is 4.48. The van der Waals surface area contributed by atoms with Crippen LogP contribution in [0.25, 0.3) is 11.3 Å². The van der Waals surface area contributed by atoms with Crippen molar-refractivity contribution in [2.24, 2.45) is 7.05 Å². The molecule has 0 saturated heterocycles. The SMILES string of the molecule is CCOc1ncc(N)cc1-c1cc(CC)n(C)n1. The van der Waals surface area contributed by atoms with Crippen LogP contribution in [0, 0.1) is 0 Å². The van der Waals surface area contributed by atoms with Crippen LogP contribution in [0.15, 0.2) is 18.3 Å². The van der Waals surface area contributed by atoms with Gasteiger partial charge in [0, 0.05) is 12.7 Å². The van der Waals surface area contributed by atoms with Gasteiger partial charge in [-0.1, -0.05) is 6.92 Å². The van der Waals surface area contributed by atoms with Crippen molar-refractivity contribution in [1.29, 1.82) is 0 Å². The van der Waals surface area contributed by atoms with Crippen molar-refractivity contribution >= 4 is 5.69 Å². The van der Waals surface area contributed by atoms with Crippen molar-refractivity contribution in [1.82, 2.24) is 14.8 Å². The monoisotopic (exact) mass is 246 g/mol. The highest BCUT2D eigenvalue weighted by molar-refractivity contribution is 5.68. The fraction of sp³-hybridized carbons (Fsp3) is 0.385. The minimum Gasteiger partial charge on any atom is -0.477 e. The van der Waals surface area contributed by atoms with E-state index in [1.807, 2.05) is 30.8 Å². The predicted octanol–water partition coefficient (Wildman–Crippen LogP) is 2.03. The van der Waals surface area contributed by atoms with Crippen LogP contribution in [0.3, 0.4) is 0 Å². The molecule has 0 saturated carbocycles. The zero-order chi connectivity index (χ0) is 13.1. The lowest BCUT2D eigenvalue weighted by atomic mass is 10.1. The van der Waals surface area contributed by atoms with Gasteiger partial charge in [0.25, 0.3) is 0 Å². The number of nitrogen functional groups attached to an aromatic ring is 1. The molecule has 0 unspecified atom stereocenters. The zero-order valence-corrected chi connectivity index (χ0v) is 11.0. The smallest absolute Gasteiger partial charge is 0.223 e. The van der Waals surface area contributed by atoms with Gasteiger partial charge < -0.3 is 10.5 Å². The first-order chi connectivity index (χ1) is 8.65. The molecular weight excluding hydrogens is 228 g/mol. The molecule has 0 amide bonds.